The Hall–Kier alpha value is -1.33. The van der Waals surface area contributed by atoms with E-state index in [1.54, 1.807) is 18.3 Å². The summed E-state index contributed by atoms with van der Waals surface area (Å²) in [7, 11) is 0. The third-order valence-electron chi connectivity index (χ3n) is 1.54. The molecule has 0 unspecified atom stereocenters. The summed E-state index contributed by atoms with van der Waals surface area (Å²) >= 11 is 5.85. The maximum atomic E-state index is 10.3. The Balaban J connectivity index is 2.21. The van der Waals surface area contributed by atoms with Gasteiger partial charge in [-0.15, -0.1) is 0 Å². The molecule has 0 fully saturated rings. The van der Waals surface area contributed by atoms with Crippen LogP contribution in [-0.4, -0.2) is 30.6 Å². The summed E-state index contributed by atoms with van der Waals surface area (Å²) < 4.78 is 4.95. The van der Waals surface area contributed by atoms with Gasteiger partial charge in [-0.2, -0.15) is 0 Å². The predicted octanol–water partition coefficient (Wildman–Crippen LogP) is 0.649. The Morgan fingerprint density at radius 2 is 2.47 bits per heavy atom. The topological polar surface area (TPSA) is 77.2 Å². The van der Waals surface area contributed by atoms with Crippen LogP contribution in [-0.2, 0) is 9.53 Å². The molecule has 0 bridgehead atoms. The van der Waals surface area contributed by atoms with Crippen molar-refractivity contribution in [2.24, 2.45) is 5.73 Å². The van der Waals surface area contributed by atoms with E-state index in [2.05, 4.69) is 10.3 Å². The number of pyridine rings is 1. The second kappa shape index (κ2) is 6.21. The Bertz CT molecular complexity index is 333. The van der Waals surface area contributed by atoms with E-state index in [1.165, 1.54) is 0 Å². The summed E-state index contributed by atoms with van der Waals surface area (Å²) in [6, 6.07) is 3.48. The first-order chi connectivity index (χ1) is 7.20. The smallest absolute Gasteiger partial charge is 0.243 e. The Morgan fingerprint density at radius 1 is 1.67 bits per heavy atom. The zero-order chi connectivity index (χ0) is 11.1. The molecule has 0 radical (unpaired) electrons. The molecule has 0 atom stereocenters. The fourth-order valence-corrected chi connectivity index (χ4v) is 1.12. The highest BCUT2D eigenvalue weighted by Gasteiger charge is 1.99. The van der Waals surface area contributed by atoms with E-state index in [4.69, 9.17) is 22.1 Å². The first-order valence-corrected chi connectivity index (χ1v) is 4.78. The summed E-state index contributed by atoms with van der Waals surface area (Å²) in [5.74, 6) is 0.118. The van der Waals surface area contributed by atoms with Crippen LogP contribution >= 0.6 is 11.6 Å². The van der Waals surface area contributed by atoms with Crippen molar-refractivity contribution in [3.63, 3.8) is 0 Å². The molecule has 1 aromatic heterocycles. The van der Waals surface area contributed by atoms with Crippen LogP contribution < -0.4 is 11.1 Å². The van der Waals surface area contributed by atoms with Crippen LogP contribution in [0.5, 0.6) is 0 Å². The van der Waals surface area contributed by atoms with Gasteiger partial charge in [-0.1, -0.05) is 11.6 Å². The Labute approximate surface area is 92.6 Å². The van der Waals surface area contributed by atoms with Crippen molar-refractivity contribution in [1.29, 1.82) is 0 Å². The summed E-state index contributed by atoms with van der Waals surface area (Å²) in [5, 5.41) is 3.52. The van der Waals surface area contributed by atoms with E-state index in [9.17, 15) is 4.79 Å². The number of primary amides is 1. The van der Waals surface area contributed by atoms with E-state index in [0.29, 0.717) is 24.0 Å². The molecule has 0 saturated heterocycles. The number of carbonyl (C=O) groups is 1. The number of amides is 1. The van der Waals surface area contributed by atoms with Crippen LogP contribution in [0.2, 0.25) is 5.02 Å². The zero-order valence-electron chi connectivity index (χ0n) is 8.07. The molecule has 5 nitrogen and oxygen atoms in total. The van der Waals surface area contributed by atoms with E-state index in [-0.39, 0.29) is 6.61 Å². The van der Waals surface area contributed by atoms with Gasteiger partial charge in [0.1, 0.15) is 12.4 Å². The van der Waals surface area contributed by atoms with Gasteiger partial charge in [-0.3, -0.25) is 4.79 Å². The van der Waals surface area contributed by atoms with Gasteiger partial charge in [0, 0.05) is 12.7 Å². The minimum absolute atomic E-state index is 0.0718. The molecule has 0 aromatic carbocycles. The largest absolute Gasteiger partial charge is 0.370 e. The molecule has 3 N–H and O–H groups in total. The molecular formula is C9H12ClN3O2. The first kappa shape index (κ1) is 11.7. The number of aromatic nitrogens is 1. The number of rotatable bonds is 6. The highest BCUT2D eigenvalue weighted by molar-refractivity contribution is 6.32. The van der Waals surface area contributed by atoms with Gasteiger partial charge < -0.3 is 15.8 Å². The summed E-state index contributed by atoms with van der Waals surface area (Å²) in [5.41, 5.74) is 4.89. The molecule has 0 saturated carbocycles. The SMILES string of the molecule is NC(=O)COCCNc1ncccc1Cl. The molecule has 6 heteroatoms. The Kier molecular flexibility index (Phi) is 4.86. The van der Waals surface area contributed by atoms with Crippen molar-refractivity contribution in [2.45, 2.75) is 0 Å². The van der Waals surface area contributed by atoms with E-state index < -0.39 is 5.91 Å². The summed E-state index contributed by atoms with van der Waals surface area (Å²) in [6.45, 7) is 0.817. The number of hydrogen-bond acceptors (Lipinski definition) is 4. The average Bonchev–Trinajstić information content (AvgIpc) is 2.20. The molecule has 1 amide bonds. The lowest BCUT2D eigenvalue weighted by molar-refractivity contribution is -0.122. The molecule has 0 aliphatic heterocycles. The molecule has 0 aliphatic rings. The lowest BCUT2D eigenvalue weighted by Crippen LogP contribution is -2.20. The van der Waals surface area contributed by atoms with Gasteiger partial charge in [-0.05, 0) is 12.1 Å². The molecule has 1 heterocycles. The lowest BCUT2D eigenvalue weighted by atomic mass is 10.4. The maximum absolute atomic E-state index is 10.3. The van der Waals surface area contributed by atoms with Crippen LogP contribution in [0.15, 0.2) is 18.3 Å². The van der Waals surface area contributed by atoms with Crippen molar-refractivity contribution in [3.05, 3.63) is 23.4 Å². The highest BCUT2D eigenvalue weighted by Crippen LogP contribution is 2.16. The summed E-state index contributed by atoms with van der Waals surface area (Å²) in [4.78, 5) is 14.4. The van der Waals surface area contributed by atoms with E-state index in [1.807, 2.05) is 0 Å². The monoisotopic (exact) mass is 229 g/mol. The number of nitrogens with two attached hydrogens (primary N) is 1. The van der Waals surface area contributed by atoms with Crippen LogP contribution in [0.3, 0.4) is 0 Å². The summed E-state index contributed by atoms with van der Waals surface area (Å²) in [6.07, 6.45) is 1.64. The number of halogens is 1. The van der Waals surface area contributed by atoms with Crippen molar-refractivity contribution in [2.75, 3.05) is 25.1 Å². The molecule has 0 spiro atoms. The third-order valence-corrected chi connectivity index (χ3v) is 1.85. The Morgan fingerprint density at radius 3 is 3.13 bits per heavy atom. The number of ether oxygens (including phenoxy) is 1. The van der Waals surface area contributed by atoms with Crippen molar-refractivity contribution < 1.29 is 9.53 Å². The molecule has 82 valence electrons. The number of hydrogen-bond donors (Lipinski definition) is 2. The first-order valence-electron chi connectivity index (χ1n) is 4.40. The van der Waals surface area contributed by atoms with Gasteiger partial charge in [0.15, 0.2) is 0 Å². The normalized spacial score (nSPS) is 9.93. The van der Waals surface area contributed by atoms with Gasteiger partial charge in [0.2, 0.25) is 5.91 Å². The number of nitrogens with zero attached hydrogens (tertiary/aromatic N) is 1. The predicted molar refractivity (Wildman–Crippen MR) is 57.8 cm³/mol. The van der Waals surface area contributed by atoms with Crippen molar-refractivity contribution >= 4 is 23.3 Å². The van der Waals surface area contributed by atoms with E-state index >= 15 is 0 Å². The third kappa shape index (κ3) is 4.62. The van der Waals surface area contributed by atoms with Gasteiger partial charge in [0.05, 0.1) is 11.6 Å². The number of anilines is 1. The molecule has 0 aliphatic carbocycles. The standard InChI is InChI=1S/C9H12ClN3O2/c10-7-2-1-3-12-9(7)13-4-5-15-6-8(11)14/h1-3H,4-6H2,(H2,11,14)(H,12,13). The molecule has 15 heavy (non-hydrogen) atoms. The number of carbonyl (C=O) groups excluding carboxylic acids is 1. The average molecular weight is 230 g/mol. The van der Waals surface area contributed by atoms with Crippen LogP contribution in [0.1, 0.15) is 0 Å². The van der Waals surface area contributed by atoms with Gasteiger partial charge >= 0.3 is 0 Å². The maximum Gasteiger partial charge on any atom is 0.243 e. The van der Waals surface area contributed by atoms with Crippen LogP contribution in [0, 0.1) is 0 Å². The highest BCUT2D eigenvalue weighted by atomic mass is 35.5. The van der Waals surface area contributed by atoms with E-state index in [0.717, 1.165) is 0 Å². The molecule has 1 aromatic rings. The number of nitrogens with one attached hydrogen (secondary N) is 1. The fourth-order valence-electron chi connectivity index (χ4n) is 0.930. The zero-order valence-corrected chi connectivity index (χ0v) is 8.83. The molecular weight excluding hydrogens is 218 g/mol. The van der Waals surface area contributed by atoms with Gasteiger partial charge in [0.25, 0.3) is 0 Å². The molecule has 1 rings (SSSR count). The quantitative estimate of drug-likeness (QED) is 0.703. The minimum Gasteiger partial charge on any atom is -0.370 e. The lowest BCUT2D eigenvalue weighted by Gasteiger charge is -2.06. The second-order valence-electron chi connectivity index (χ2n) is 2.78. The van der Waals surface area contributed by atoms with Crippen LogP contribution in [0.25, 0.3) is 0 Å². The fraction of sp³-hybridized carbons (Fsp3) is 0.333. The van der Waals surface area contributed by atoms with Crippen molar-refractivity contribution in [1.82, 2.24) is 4.98 Å². The van der Waals surface area contributed by atoms with Crippen LogP contribution in [0.4, 0.5) is 5.82 Å². The van der Waals surface area contributed by atoms with Gasteiger partial charge in [-0.25, -0.2) is 4.98 Å². The second-order valence-corrected chi connectivity index (χ2v) is 3.19. The van der Waals surface area contributed by atoms with Crippen molar-refractivity contribution in [3.8, 4) is 0 Å². The minimum atomic E-state index is -0.481.